The second-order valence-electron chi connectivity index (χ2n) is 3.78. The molecule has 0 fully saturated rings. The number of benzene rings is 1. The number of rotatable bonds is 5. The van der Waals surface area contributed by atoms with Crippen LogP contribution in [-0.2, 0) is 6.42 Å². The molecule has 0 heterocycles. The van der Waals surface area contributed by atoms with E-state index < -0.39 is 0 Å². The molecule has 0 bridgehead atoms. The molecule has 0 atom stereocenters. The van der Waals surface area contributed by atoms with Crippen LogP contribution in [0.2, 0.25) is 0 Å². The highest BCUT2D eigenvalue weighted by molar-refractivity contribution is 9.10. The summed E-state index contributed by atoms with van der Waals surface area (Å²) in [5.41, 5.74) is 7.72. The predicted molar refractivity (Wildman–Crippen MR) is 69.1 cm³/mol. The third-order valence-electron chi connectivity index (χ3n) is 2.63. The highest BCUT2D eigenvalue weighted by Crippen LogP contribution is 2.39. The Hall–Kier alpha value is -0.740. The average Bonchev–Trinajstić information content (AvgIpc) is 2.28. The molecule has 0 saturated heterocycles. The maximum atomic E-state index is 9.86. The molecule has 16 heavy (non-hydrogen) atoms. The van der Waals surface area contributed by atoms with Gasteiger partial charge in [0.2, 0.25) is 0 Å². The number of hydrogen-bond donors (Lipinski definition) is 2. The van der Waals surface area contributed by atoms with Gasteiger partial charge in [0.1, 0.15) is 0 Å². The van der Waals surface area contributed by atoms with E-state index in [1.807, 2.05) is 13.0 Å². The molecule has 0 unspecified atom stereocenters. The van der Waals surface area contributed by atoms with E-state index in [0.29, 0.717) is 12.3 Å². The van der Waals surface area contributed by atoms with Gasteiger partial charge in [-0.3, -0.25) is 0 Å². The van der Waals surface area contributed by atoms with Crippen molar-refractivity contribution < 1.29 is 9.84 Å². The molecule has 4 heteroatoms. The summed E-state index contributed by atoms with van der Waals surface area (Å²) in [4.78, 5) is 0. The summed E-state index contributed by atoms with van der Waals surface area (Å²) in [7, 11) is 1.55. The highest BCUT2D eigenvalue weighted by Gasteiger charge is 2.13. The van der Waals surface area contributed by atoms with Crippen LogP contribution in [0.5, 0.6) is 11.5 Å². The molecule has 1 rings (SSSR count). The minimum Gasteiger partial charge on any atom is -0.503 e. The fourth-order valence-electron chi connectivity index (χ4n) is 1.68. The molecular weight excluding hydrogens is 270 g/mol. The molecular formula is C12H18BrNO2. The van der Waals surface area contributed by atoms with E-state index in [1.165, 1.54) is 0 Å². The zero-order chi connectivity index (χ0) is 12.1. The smallest absolute Gasteiger partial charge is 0.172 e. The number of aromatic hydroxyl groups is 1. The Labute approximate surface area is 105 Å². The molecule has 3 nitrogen and oxygen atoms in total. The third kappa shape index (κ3) is 2.89. The van der Waals surface area contributed by atoms with Crippen LogP contribution in [-0.4, -0.2) is 18.8 Å². The monoisotopic (exact) mass is 287 g/mol. The minimum absolute atomic E-state index is 0.177. The number of hydrogen-bond acceptors (Lipinski definition) is 3. The van der Waals surface area contributed by atoms with Crippen molar-refractivity contribution in [2.45, 2.75) is 26.2 Å². The summed E-state index contributed by atoms with van der Waals surface area (Å²) in [6.07, 6.45) is 2.95. The molecule has 3 N–H and O–H groups in total. The van der Waals surface area contributed by atoms with E-state index in [-0.39, 0.29) is 5.75 Å². The summed E-state index contributed by atoms with van der Waals surface area (Å²) >= 11 is 3.41. The van der Waals surface area contributed by atoms with Gasteiger partial charge in [0.15, 0.2) is 11.5 Å². The van der Waals surface area contributed by atoms with E-state index in [9.17, 15) is 5.11 Å². The Morgan fingerprint density at radius 3 is 2.69 bits per heavy atom. The first-order chi connectivity index (χ1) is 7.61. The molecule has 0 radical (unpaired) electrons. The number of nitrogens with two attached hydrogens (primary N) is 1. The van der Waals surface area contributed by atoms with E-state index in [4.69, 9.17) is 10.5 Å². The van der Waals surface area contributed by atoms with Crippen LogP contribution >= 0.6 is 15.9 Å². The van der Waals surface area contributed by atoms with Crippen molar-refractivity contribution in [2.75, 3.05) is 13.7 Å². The topological polar surface area (TPSA) is 55.5 Å². The van der Waals surface area contributed by atoms with Gasteiger partial charge in [-0.15, -0.1) is 0 Å². The fourth-order valence-corrected chi connectivity index (χ4v) is 2.39. The summed E-state index contributed by atoms with van der Waals surface area (Å²) < 4.78 is 5.82. The van der Waals surface area contributed by atoms with E-state index in [1.54, 1.807) is 7.11 Å². The Bertz CT molecular complexity index is 367. The molecule has 0 aliphatic carbocycles. The van der Waals surface area contributed by atoms with Crippen LogP contribution < -0.4 is 10.5 Å². The van der Waals surface area contributed by atoms with Crippen LogP contribution in [0, 0.1) is 6.92 Å². The van der Waals surface area contributed by atoms with Gasteiger partial charge in [-0.1, -0.05) is 0 Å². The lowest BCUT2D eigenvalue weighted by atomic mass is 10.0. The Balaban J connectivity index is 2.96. The minimum atomic E-state index is 0.177. The van der Waals surface area contributed by atoms with Gasteiger partial charge in [-0.25, -0.2) is 0 Å². The Kier molecular flexibility index (Phi) is 5.09. The number of halogens is 1. The van der Waals surface area contributed by atoms with Gasteiger partial charge in [0.05, 0.1) is 11.6 Å². The second-order valence-corrected chi connectivity index (χ2v) is 4.58. The average molecular weight is 288 g/mol. The molecule has 0 aliphatic heterocycles. The maximum absolute atomic E-state index is 9.86. The largest absolute Gasteiger partial charge is 0.503 e. The first-order valence-corrected chi connectivity index (χ1v) is 6.16. The van der Waals surface area contributed by atoms with Crippen molar-refractivity contribution >= 4 is 15.9 Å². The van der Waals surface area contributed by atoms with Gasteiger partial charge in [-0.2, -0.15) is 0 Å². The third-order valence-corrected chi connectivity index (χ3v) is 3.48. The molecule has 1 aromatic rings. The van der Waals surface area contributed by atoms with Crippen molar-refractivity contribution in [1.29, 1.82) is 0 Å². The van der Waals surface area contributed by atoms with E-state index in [0.717, 1.165) is 34.9 Å². The standard InChI is InChI=1S/C12H18BrNO2/c1-8-7-10(16-2)12(15)11(13)9(8)5-3-4-6-14/h7,15H,3-6,14H2,1-2H3. The normalized spacial score (nSPS) is 10.5. The van der Waals surface area contributed by atoms with Crippen LogP contribution in [0.25, 0.3) is 0 Å². The zero-order valence-corrected chi connectivity index (χ0v) is 11.3. The lowest BCUT2D eigenvalue weighted by Gasteiger charge is -2.13. The van der Waals surface area contributed by atoms with Gasteiger partial charge < -0.3 is 15.6 Å². The maximum Gasteiger partial charge on any atom is 0.172 e. The first-order valence-electron chi connectivity index (χ1n) is 5.36. The fraction of sp³-hybridized carbons (Fsp3) is 0.500. The van der Waals surface area contributed by atoms with Gasteiger partial charge >= 0.3 is 0 Å². The lowest BCUT2D eigenvalue weighted by Crippen LogP contribution is -2.00. The number of aryl methyl sites for hydroxylation is 1. The van der Waals surface area contributed by atoms with Crippen LogP contribution in [0.3, 0.4) is 0 Å². The molecule has 0 saturated carbocycles. The first kappa shape index (κ1) is 13.3. The summed E-state index contributed by atoms with van der Waals surface area (Å²) in [5.74, 6) is 0.683. The van der Waals surface area contributed by atoms with Crippen molar-refractivity contribution in [3.8, 4) is 11.5 Å². The quantitative estimate of drug-likeness (QED) is 0.819. The number of methoxy groups -OCH3 is 1. The molecule has 0 aliphatic rings. The van der Waals surface area contributed by atoms with Crippen molar-refractivity contribution in [3.63, 3.8) is 0 Å². The summed E-state index contributed by atoms with van der Waals surface area (Å²) in [6.45, 7) is 2.73. The SMILES string of the molecule is COc1cc(C)c(CCCCN)c(Br)c1O. The summed E-state index contributed by atoms with van der Waals surface area (Å²) in [6, 6.07) is 1.86. The number of phenols is 1. The van der Waals surface area contributed by atoms with Gasteiger partial charge in [-0.05, 0) is 65.9 Å². The number of unbranched alkanes of at least 4 members (excludes halogenated alkanes) is 1. The van der Waals surface area contributed by atoms with Gasteiger partial charge in [0.25, 0.3) is 0 Å². The second kappa shape index (κ2) is 6.11. The number of ether oxygens (including phenoxy) is 1. The van der Waals surface area contributed by atoms with Crippen LogP contribution in [0.4, 0.5) is 0 Å². The molecule has 1 aromatic carbocycles. The van der Waals surface area contributed by atoms with Gasteiger partial charge in [0, 0.05) is 0 Å². The molecule has 0 amide bonds. The number of phenolic OH excluding ortho intramolecular Hbond substituents is 1. The molecule has 90 valence electrons. The van der Waals surface area contributed by atoms with Crippen molar-refractivity contribution in [2.24, 2.45) is 5.73 Å². The Morgan fingerprint density at radius 2 is 2.12 bits per heavy atom. The van der Waals surface area contributed by atoms with Crippen molar-refractivity contribution in [3.05, 3.63) is 21.7 Å². The zero-order valence-electron chi connectivity index (χ0n) is 9.72. The lowest BCUT2D eigenvalue weighted by molar-refractivity contribution is 0.371. The summed E-state index contributed by atoms with van der Waals surface area (Å²) in [5, 5.41) is 9.86. The molecule has 0 aromatic heterocycles. The van der Waals surface area contributed by atoms with E-state index >= 15 is 0 Å². The van der Waals surface area contributed by atoms with Crippen LogP contribution in [0.1, 0.15) is 24.0 Å². The predicted octanol–water partition coefficient (Wildman–Crippen LogP) is 2.75. The van der Waals surface area contributed by atoms with E-state index in [2.05, 4.69) is 15.9 Å². The highest BCUT2D eigenvalue weighted by atomic mass is 79.9. The van der Waals surface area contributed by atoms with Crippen LogP contribution in [0.15, 0.2) is 10.5 Å². The van der Waals surface area contributed by atoms with Crippen molar-refractivity contribution in [1.82, 2.24) is 0 Å². The molecule has 0 spiro atoms. The Morgan fingerprint density at radius 1 is 1.44 bits per heavy atom.